The van der Waals surface area contributed by atoms with Gasteiger partial charge in [-0.05, 0) is 69.3 Å². The van der Waals surface area contributed by atoms with Crippen LogP contribution in [0.15, 0.2) is 23.0 Å². The van der Waals surface area contributed by atoms with E-state index in [4.69, 9.17) is 14.9 Å². The van der Waals surface area contributed by atoms with Crippen LogP contribution in [0, 0.1) is 5.92 Å². The maximum absolute atomic E-state index is 13.0. The lowest BCUT2D eigenvalue weighted by Gasteiger charge is -2.31. The zero-order valence-corrected chi connectivity index (χ0v) is 21.3. The number of carbonyl (C=O) groups is 1. The van der Waals surface area contributed by atoms with Gasteiger partial charge in [0.15, 0.2) is 5.52 Å². The first-order chi connectivity index (χ1) is 17.4. The van der Waals surface area contributed by atoms with Gasteiger partial charge in [0.05, 0.1) is 17.9 Å². The molecule has 194 valence electrons. The third-order valence-corrected chi connectivity index (χ3v) is 6.86. The molecule has 0 spiro atoms. The van der Waals surface area contributed by atoms with Gasteiger partial charge in [0.1, 0.15) is 17.1 Å². The fourth-order valence-corrected chi connectivity index (χ4v) is 5.01. The van der Waals surface area contributed by atoms with E-state index >= 15 is 0 Å². The van der Waals surface area contributed by atoms with Crippen molar-refractivity contribution < 1.29 is 14.7 Å². The van der Waals surface area contributed by atoms with Gasteiger partial charge >= 0.3 is 0 Å². The number of aryl methyl sites for hydroxylation is 2. The van der Waals surface area contributed by atoms with Gasteiger partial charge in [-0.15, -0.1) is 0 Å². The molecular formula is C26H36N6O4. The molecule has 1 aromatic carbocycles. The molecule has 3 aromatic rings. The monoisotopic (exact) mass is 496 g/mol. The molecule has 1 aliphatic rings. The van der Waals surface area contributed by atoms with Gasteiger partial charge in [0, 0.05) is 20.0 Å². The molecule has 2 aromatic heterocycles. The predicted octanol–water partition coefficient (Wildman–Crippen LogP) is 2.82. The van der Waals surface area contributed by atoms with Crippen molar-refractivity contribution in [2.75, 3.05) is 26.2 Å². The first-order valence-electron chi connectivity index (χ1n) is 12.8. The van der Waals surface area contributed by atoms with Crippen molar-refractivity contribution in [3.63, 3.8) is 0 Å². The van der Waals surface area contributed by atoms with Gasteiger partial charge in [-0.25, -0.2) is 10.5 Å². The topological polar surface area (TPSA) is 125 Å². The summed E-state index contributed by atoms with van der Waals surface area (Å²) in [5, 5.41) is 13.2. The molecule has 4 rings (SSSR count). The number of hydroxylamine groups is 1. The number of carbonyl (C=O) groups excluding carboxylic acids is 1. The van der Waals surface area contributed by atoms with Crippen molar-refractivity contribution in [1.82, 2.24) is 30.1 Å². The molecule has 10 heteroatoms. The van der Waals surface area contributed by atoms with Crippen molar-refractivity contribution in [3.05, 3.63) is 39.8 Å². The standard InChI is InChI=1S/C26H36N6O4/c1-4-6-20-23-24(31(3)29-20)26(34)28-25(27-23)19-16-18(7-8-21(19)36-5-2)15-17-9-12-32(13-10-17)14-11-22(33)30-35/h7-8,16-17,35H,4-6,9-15H2,1-3H3,(H,30,33)(H,27,28,34). The fourth-order valence-electron chi connectivity index (χ4n) is 5.01. The Kier molecular flexibility index (Phi) is 8.37. The Morgan fingerprint density at radius 1 is 1.28 bits per heavy atom. The Morgan fingerprint density at radius 2 is 2.06 bits per heavy atom. The zero-order valence-electron chi connectivity index (χ0n) is 21.3. The number of likely N-dealkylation sites (tertiary alicyclic amines) is 1. The summed E-state index contributed by atoms with van der Waals surface area (Å²) in [5.74, 6) is 1.38. The lowest BCUT2D eigenvalue weighted by molar-refractivity contribution is -0.129. The van der Waals surface area contributed by atoms with Gasteiger partial charge in [-0.2, -0.15) is 5.10 Å². The van der Waals surface area contributed by atoms with E-state index < -0.39 is 0 Å². The SMILES string of the molecule is CCCc1nn(C)c2c(=O)[nH]c(-c3cc(CC4CCN(CCC(=O)NO)CC4)ccc3OCC)nc12. The molecule has 36 heavy (non-hydrogen) atoms. The van der Waals surface area contributed by atoms with Crippen LogP contribution in [-0.4, -0.2) is 62.0 Å². The molecule has 3 N–H and O–H groups in total. The molecule has 10 nitrogen and oxygen atoms in total. The molecule has 1 amide bonds. The number of nitrogens with zero attached hydrogens (tertiary/aromatic N) is 4. The minimum absolute atomic E-state index is 0.206. The Balaban J connectivity index is 1.56. The molecule has 0 atom stereocenters. The largest absolute Gasteiger partial charge is 0.493 e. The second kappa shape index (κ2) is 11.7. The summed E-state index contributed by atoms with van der Waals surface area (Å²) in [4.78, 5) is 34.4. The van der Waals surface area contributed by atoms with E-state index in [1.54, 1.807) is 17.2 Å². The van der Waals surface area contributed by atoms with Crippen molar-refractivity contribution in [2.24, 2.45) is 13.0 Å². The Morgan fingerprint density at radius 3 is 2.75 bits per heavy atom. The van der Waals surface area contributed by atoms with Crippen LogP contribution < -0.4 is 15.8 Å². The summed E-state index contributed by atoms with van der Waals surface area (Å²) >= 11 is 0. The van der Waals surface area contributed by atoms with Crippen LogP contribution in [-0.2, 0) is 24.7 Å². The minimum Gasteiger partial charge on any atom is -0.493 e. The smallest absolute Gasteiger partial charge is 0.277 e. The first-order valence-corrected chi connectivity index (χ1v) is 12.8. The normalized spacial score (nSPS) is 14.9. The first kappa shape index (κ1) is 25.8. The number of H-pyrrole nitrogens is 1. The van der Waals surface area contributed by atoms with Gasteiger partial charge in [-0.3, -0.25) is 19.5 Å². The van der Waals surface area contributed by atoms with E-state index in [0.29, 0.717) is 48.1 Å². The lowest BCUT2D eigenvalue weighted by atomic mass is 9.89. The number of nitrogens with one attached hydrogen (secondary N) is 2. The van der Waals surface area contributed by atoms with Gasteiger partial charge in [0.25, 0.3) is 5.56 Å². The highest BCUT2D eigenvalue weighted by Gasteiger charge is 2.22. The zero-order chi connectivity index (χ0) is 25.7. The number of ether oxygens (including phenoxy) is 1. The van der Waals surface area contributed by atoms with Crippen LogP contribution in [0.5, 0.6) is 5.75 Å². The summed E-state index contributed by atoms with van der Waals surface area (Å²) in [7, 11) is 1.77. The number of amides is 1. The van der Waals surface area contributed by atoms with E-state index in [2.05, 4.69) is 34.0 Å². The molecule has 0 aliphatic carbocycles. The third kappa shape index (κ3) is 5.76. The average molecular weight is 497 g/mol. The number of fused-ring (bicyclic) bond motifs is 1. The maximum Gasteiger partial charge on any atom is 0.277 e. The molecular weight excluding hydrogens is 460 g/mol. The number of piperidine rings is 1. The molecule has 0 unspecified atom stereocenters. The summed E-state index contributed by atoms with van der Waals surface area (Å²) < 4.78 is 7.51. The molecule has 1 fully saturated rings. The number of aromatic amines is 1. The van der Waals surface area contributed by atoms with Crippen molar-refractivity contribution >= 4 is 16.9 Å². The minimum atomic E-state index is -0.350. The second-order valence-electron chi connectivity index (χ2n) is 9.47. The van der Waals surface area contributed by atoms with E-state index in [1.165, 1.54) is 5.56 Å². The molecule has 0 radical (unpaired) electrons. The predicted molar refractivity (Wildman–Crippen MR) is 137 cm³/mol. The van der Waals surface area contributed by atoms with Crippen LogP contribution in [0.2, 0.25) is 0 Å². The van der Waals surface area contributed by atoms with Crippen molar-refractivity contribution in [1.29, 1.82) is 0 Å². The Hall–Kier alpha value is -3.24. The number of rotatable bonds is 10. The number of benzene rings is 1. The molecule has 1 saturated heterocycles. The highest BCUT2D eigenvalue weighted by molar-refractivity contribution is 5.80. The maximum atomic E-state index is 13.0. The second-order valence-corrected chi connectivity index (χ2v) is 9.47. The van der Waals surface area contributed by atoms with Gasteiger partial charge in [-0.1, -0.05) is 19.4 Å². The van der Waals surface area contributed by atoms with E-state index in [-0.39, 0.29) is 11.5 Å². The molecule has 1 aliphatic heterocycles. The highest BCUT2D eigenvalue weighted by Crippen LogP contribution is 2.31. The summed E-state index contributed by atoms with van der Waals surface area (Å²) in [6.07, 6.45) is 4.99. The summed E-state index contributed by atoms with van der Waals surface area (Å²) in [6.45, 7) is 7.05. The number of aromatic nitrogens is 4. The quantitative estimate of drug-likeness (QED) is 0.291. The van der Waals surface area contributed by atoms with Crippen LogP contribution in [0.1, 0.15) is 50.8 Å². The van der Waals surface area contributed by atoms with Crippen LogP contribution >= 0.6 is 0 Å². The van der Waals surface area contributed by atoms with Crippen LogP contribution in [0.3, 0.4) is 0 Å². The average Bonchev–Trinajstić information content (AvgIpc) is 3.20. The highest BCUT2D eigenvalue weighted by atomic mass is 16.5. The van der Waals surface area contributed by atoms with E-state index in [1.807, 2.05) is 13.0 Å². The van der Waals surface area contributed by atoms with Gasteiger partial charge < -0.3 is 14.6 Å². The summed E-state index contributed by atoms with van der Waals surface area (Å²) in [6, 6.07) is 6.15. The summed E-state index contributed by atoms with van der Waals surface area (Å²) in [5.41, 5.74) is 5.41. The lowest BCUT2D eigenvalue weighted by Crippen LogP contribution is -2.36. The van der Waals surface area contributed by atoms with Crippen molar-refractivity contribution in [2.45, 2.75) is 52.4 Å². The van der Waals surface area contributed by atoms with E-state index in [0.717, 1.165) is 56.5 Å². The van der Waals surface area contributed by atoms with Crippen LogP contribution in [0.4, 0.5) is 0 Å². The van der Waals surface area contributed by atoms with Crippen molar-refractivity contribution in [3.8, 4) is 17.1 Å². The fraction of sp³-hybridized carbons (Fsp3) is 0.538. The van der Waals surface area contributed by atoms with Gasteiger partial charge in [0.2, 0.25) is 5.91 Å². The van der Waals surface area contributed by atoms with E-state index in [9.17, 15) is 9.59 Å². The Bertz CT molecular complexity index is 1260. The Labute approximate surface area is 210 Å². The third-order valence-electron chi connectivity index (χ3n) is 6.86. The molecule has 3 heterocycles. The molecule has 0 saturated carbocycles. The number of hydrogen-bond donors (Lipinski definition) is 3. The molecule has 0 bridgehead atoms. The number of hydrogen-bond acceptors (Lipinski definition) is 7. The van der Waals surface area contributed by atoms with Crippen LogP contribution in [0.25, 0.3) is 22.4 Å².